The van der Waals surface area contributed by atoms with Gasteiger partial charge in [-0.15, -0.1) is 0 Å². The van der Waals surface area contributed by atoms with Crippen LogP contribution in [-0.4, -0.2) is 25.9 Å². The van der Waals surface area contributed by atoms with E-state index in [1.54, 1.807) is 13.0 Å². The standard InChI is InChI=1S/C11H13NO4/c1-6-4-7(15-2)5-8(16-3)9(6)10(13)11(12)14/h4-5H,1-3H3,(H2,12,14). The number of ketones is 1. The Morgan fingerprint density at radius 1 is 1.19 bits per heavy atom. The van der Waals surface area contributed by atoms with Gasteiger partial charge >= 0.3 is 0 Å². The minimum atomic E-state index is -1.01. The lowest BCUT2D eigenvalue weighted by atomic mass is 10.0. The van der Waals surface area contributed by atoms with Crippen molar-refractivity contribution in [1.29, 1.82) is 0 Å². The van der Waals surface area contributed by atoms with Gasteiger partial charge in [-0.25, -0.2) is 0 Å². The third-order valence-electron chi connectivity index (χ3n) is 2.18. The molecule has 1 aromatic rings. The monoisotopic (exact) mass is 223 g/mol. The number of hydrogen-bond acceptors (Lipinski definition) is 4. The highest BCUT2D eigenvalue weighted by Crippen LogP contribution is 2.28. The molecule has 1 aromatic carbocycles. The van der Waals surface area contributed by atoms with Crippen LogP contribution in [0, 0.1) is 6.92 Å². The van der Waals surface area contributed by atoms with Crippen molar-refractivity contribution in [3.05, 3.63) is 23.3 Å². The molecule has 1 amide bonds. The zero-order chi connectivity index (χ0) is 12.3. The van der Waals surface area contributed by atoms with Crippen LogP contribution in [0.1, 0.15) is 15.9 Å². The summed E-state index contributed by atoms with van der Waals surface area (Å²) in [6, 6.07) is 3.17. The zero-order valence-corrected chi connectivity index (χ0v) is 9.37. The van der Waals surface area contributed by atoms with Gasteiger partial charge in [0.25, 0.3) is 11.7 Å². The Bertz CT molecular complexity index is 440. The smallest absolute Gasteiger partial charge is 0.289 e. The molecule has 0 unspecified atom stereocenters. The van der Waals surface area contributed by atoms with E-state index in [-0.39, 0.29) is 11.3 Å². The number of ether oxygens (including phenoxy) is 2. The molecule has 0 atom stereocenters. The van der Waals surface area contributed by atoms with Gasteiger partial charge in [-0.3, -0.25) is 9.59 Å². The Kier molecular flexibility index (Phi) is 3.50. The predicted molar refractivity (Wildman–Crippen MR) is 57.8 cm³/mol. The molecule has 1 rings (SSSR count). The third kappa shape index (κ3) is 2.13. The van der Waals surface area contributed by atoms with E-state index in [0.29, 0.717) is 11.3 Å². The first-order chi connectivity index (χ1) is 7.51. The lowest BCUT2D eigenvalue weighted by molar-refractivity contribution is -0.114. The van der Waals surface area contributed by atoms with E-state index in [4.69, 9.17) is 15.2 Å². The van der Waals surface area contributed by atoms with E-state index in [1.165, 1.54) is 20.3 Å². The molecule has 5 nitrogen and oxygen atoms in total. The highest BCUT2D eigenvalue weighted by Gasteiger charge is 2.21. The van der Waals surface area contributed by atoms with E-state index in [9.17, 15) is 9.59 Å². The van der Waals surface area contributed by atoms with Crippen LogP contribution in [0.15, 0.2) is 12.1 Å². The molecule has 0 spiro atoms. The van der Waals surface area contributed by atoms with E-state index in [1.807, 2.05) is 0 Å². The summed E-state index contributed by atoms with van der Waals surface area (Å²) < 4.78 is 10.1. The first kappa shape index (κ1) is 12.0. The molecule has 0 aliphatic heterocycles. The molecule has 5 heteroatoms. The molecule has 0 saturated heterocycles. The van der Waals surface area contributed by atoms with Crippen molar-refractivity contribution >= 4 is 11.7 Å². The summed E-state index contributed by atoms with van der Waals surface area (Å²) >= 11 is 0. The number of rotatable bonds is 4. The van der Waals surface area contributed by atoms with Crippen LogP contribution in [0.3, 0.4) is 0 Å². The van der Waals surface area contributed by atoms with Crippen molar-refractivity contribution in [2.75, 3.05) is 14.2 Å². The van der Waals surface area contributed by atoms with E-state index < -0.39 is 11.7 Å². The summed E-state index contributed by atoms with van der Waals surface area (Å²) in [4.78, 5) is 22.4. The fourth-order valence-electron chi connectivity index (χ4n) is 1.42. The molecular formula is C11H13NO4. The second-order valence-electron chi connectivity index (χ2n) is 3.21. The molecule has 0 fully saturated rings. The largest absolute Gasteiger partial charge is 0.497 e. The number of carbonyl (C=O) groups excluding carboxylic acids is 2. The summed E-state index contributed by atoms with van der Waals surface area (Å²) in [6.45, 7) is 1.68. The van der Waals surface area contributed by atoms with Crippen LogP contribution in [0.2, 0.25) is 0 Å². The van der Waals surface area contributed by atoms with Gasteiger partial charge in [0, 0.05) is 6.07 Å². The van der Waals surface area contributed by atoms with Gasteiger partial charge < -0.3 is 15.2 Å². The number of hydrogen-bond donors (Lipinski definition) is 1. The first-order valence-electron chi connectivity index (χ1n) is 4.58. The predicted octanol–water partition coefficient (Wildman–Crippen LogP) is 0.680. The number of carbonyl (C=O) groups is 2. The Labute approximate surface area is 93.1 Å². The number of aryl methyl sites for hydroxylation is 1. The second kappa shape index (κ2) is 4.65. The van der Waals surface area contributed by atoms with Crippen LogP contribution in [0.5, 0.6) is 11.5 Å². The fraction of sp³-hybridized carbons (Fsp3) is 0.273. The number of amides is 1. The van der Waals surface area contributed by atoms with Crippen LogP contribution < -0.4 is 15.2 Å². The number of primary amides is 1. The lowest BCUT2D eigenvalue weighted by Gasteiger charge is -2.11. The third-order valence-corrected chi connectivity index (χ3v) is 2.18. The van der Waals surface area contributed by atoms with Gasteiger partial charge in [0.15, 0.2) is 0 Å². The van der Waals surface area contributed by atoms with Gasteiger partial charge in [-0.05, 0) is 18.6 Å². The summed E-state index contributed by atoms with van der Waals surface area (Å²) in [5.41, 5.74) is 5.72. The van der Waals surface area contributed by atoms with Gasteiger partial charge in [0.05, 0.1) is 19.8 Å². The van der Waals surface area contributed by atoms with E-state index in [2.05, 4.69) is 0 Å². The topological polar surface area (TPSA) is 78.6 Å². The van der Waals surface area contributed by atoms with Crippen molar-refractivity contribution in [3.8, 4) is 11.5 Å². The molecule has 0 aliphatic rings. The molecule has 86 valence electrons. The van der Waals surface area contributed by atoms with Gasteiger partial charge in [-0.2, -0.15) is 0 Å². The van der Waals surface area contributed by atoms with Crippen molar-refractivity contribution in [3.63, 3.8) is 0 Å². The van der Waals surface area contributed by atoms with Crippen LogP contribution in [0.4, 0.5) is 0 Å². The Balaban J connectivity index is 3.38. The SMILES string of the molecule is COc1cc(C)c(C(=O)C(N)=O)c(OC)c1. The summed E-state index contributed by atoms with van der Waals surface area (Å²) in [6.07, 6.45) is 0. The number of methoxy groups -OCH3 is 2. The van der Waals surface area contributed by atoms with Crippen molar-refractivity contribution in [2.24, 2.45) is 5.73 Å². The molecule has 0 heterocycles. The molecule has 0 saturated carbocycles. The molecule has 2 N–H and O–H groups in total. The van der Waals surface area contributed by atoms with Crippen LogP contribution in [-0.2, 0) is 4.79 Å². The van der Waals surface area contributed by atoms with Crippen LogP contribution in [0.25, 0.3) is 0 Å². The summed E-state index contributed by atoms with van der Waals surface area (Å²) in [5.74, 6) is -0.945. The van der Waals surface area contributed by atoms with Gasteiger partial charge in [0.2, 0.25) is 0 Å². The Morgan fingerprint density at radius 3 is 2.25 bits per heavy atom. The highest BCUT2D eigenvalue weighted by molar-refractivity contribution is 6.43. The average molecular weight is 223 g/mol. The molecule has 0 aromatic heterocycles. The lowest BCUT2D eigenvalue weighted by Crippen LogP contribution is -2.24. The van der Waals surface area contributed by atoms with Gasteiger partial charge in [-0.1, -0.05) is 0 Å². The summed E-state index contributed by atoms with van der Waals surface area (Å²) in [5, 5.41) is 0. The van der Waals surface area contributed by atoms with E-state index in [0.717, 1.165) is 0 Å². The highest BCUT2D eigenvalue weighted by atomic mass is 16.5. The molecule has 16 heavy (non-hydrogen) atoms. The second-order valence-corrected chi connectivity index (χ2v) is 3.21. The Morgan fingerprint density at radius 2 is 1.81 bits per heavy atom. The minimum absolute atomic E-state index is 0.177. The normalized spacial score (nSPS) is 9.69. The van der Waals surface area contributed by atoms with Crippen molar-refractivity contribution < 1.29 is 19.1 Å². The fourth-order valence-corrected chi connectivity index (χ4v) is 1.42. The number of benzene rings is 1. The van der Waals surface area contributed by atoms with Gasteiger partial charge in [0.1, 0.15) is 11.5 Å². The maximum atomic E-state index is 11.5. The maximum absolute atomic E-state index is 11.5. The van der Waals surface area contributed by atoms with Crippen molar-refractivity contribution in [1.82, 2.24) is 0 Å². The summed E-state index contributed by atoms with van der Waals surface area (Å²) in [7, 11) is 2.91. The molecular weight excluding hydrogens is 210 g/mol. The molecule has 0 aliphatic carbocycles. The zero-order valence-electron chi connectivity index (χ0n) is 9.37. The molecule has 0 radical (unpaired) electrons. The quantitative estimate of drug-likeness (QED) is 0.601. The minimum Gasteiger partial charge on any atom is -0.497 e. The van der Waals surface area contributed by atoms with Crippen LogP contribution >= 0.6 is 0 Å². The Hall–Kier alpha value is -2.04. The maximum Gasteiger partial charge on any atom is 0.289 e. The number of Topliss-reactive ketones (excluding diaryl/α,β-unsaturated/α-hetero) is 1. The van der Waals surface area contributed by atoms with Crippen molar-refractivity contribution in [2.45, 2.75) is 6.92 Å². The average Bonchev–Trinajstić information content (AvgIpc) is 2.26. The first-order valence-corrected chi connectivity index (χ1v) is 4.58. The van der Waals surface area contributed by atoms with E-state index >= 15 is 0 Å². The number of nitrogens with two attached hydrogens (primary N) is 1. The molecule has 0 bridgehead atoms.